The van der Waals surface area contributed by atoms with E-state index in [1.54, 1.807) is 29.8 Å². The van der Waals surface area contributed by atoms with E-state index in [0.29, 0.717) is 51.8 Å². The van der Waals surface area contributed by atoms with Crippen molar-refractivity contribution in [1.82, 2.24) is 24.8 Å². The van der Waals surface area contributed by atoms with E-state index in [4.69, 9.17) is 0 Å². The summed E-state index contributed by atoms with van der Waals surface area (Å²) in [5, 5.41) is 15.6. The lowest BCUT2D eigenvalue weighted by Crippen LogP contribution is -2.49. The Labute approximate surface area is 211 Å². The molecule has 1 saturated heterocycles. The number of carboxylic acid groups (broad SMARTS) is 1. The summed E-state index contributed by atoms with van der Waals surface area (Å²) < 4.78 is 43.8. The average molecular weight is 535 g/mol. The van der Waals surface area contributed by atoms with Gasteiger partial charge in [0.25, 0.3) is 5.91 Å². The highest BCUT2D eigenvalue weighted by Crippen LogP contribution is 2.33. The number of alkyl halides is 3. The Morgan fingerprint density at radius 1 is 1.16 bits per heavy atom. The second kappa shape index (κ2) is 9.42. The third-order valence-electron chi connectivity index (χ3n) is 5.98. The van der Waals surface area contributed by atoms with Crippen molar-refractivity contribution in [2.75, 3.05) is 18.4 Å². The van der Waals surface area contributed by atoms with E-state index in [-0.39, 0.29) is 24.2 Å². The number of fused-ring (bicyclic) bond motifs is 2. The molecule has 1 aliphatic rings. The minimum Gasteiger partial charge on any atom is -0.465 e. The molecule has 1 fully saturated rings. The van der Waals surface area contributed by atoms with E-state index in [2.05, 4.69) is 25.3 Å². The second-order valence-electron chi connectivity index (χ2n) is 8.56. The van der Waals surface area contributed by atoms with Crippen LogP contribution in [0.5, 0.6) is 5.75 Å². The van der Waals surface area contributed by atoms with Crippen LogP contribution in [0.3, 0.4) is 0 Å². The number of anilines is 2. The highest BCUT2D eigenvalue weighted by Gasteiger charge is 2.31. The van der Waals surface area contributed by atoms with E-state index < -0.39 is 12.5 Å². The van der Waals surface area contributed by atoms with Crippen molar-refractivity contribution in [1.29, 1.82) is 0 Å². The van der Waals surface area contributed by atoms with Gasteiger partial charge in [-0.15, -0.1) is 13.2 Å². The van der Waals surface area contributed by atoms with Gasteiger partial charge in [-0.25, -0.2) is 14.8 Å². The number of nitrogens with one attached hydrogen (secondary N) is 2. The zero-order chi connectivity index (χ0) is 26.3. The molecule has 1 atom stereocenters. The number of rotatable bonds is 5. The molecule has 3 heterocycles. The van der Waals surface area contributed by atoms with Gasteiger partial charge in [-0.1, -0.05) is 11.3 Å². The summed E-state index contributed by atoms with van der Waals surface area (Å²) in [4.78, 5) is 34.3. The maximum Gasteiger partial charge on any atom is 0.573 e. The average Bonchev–Trinajstić information content (AvgIpc) is 3.37. The maximum absolute atomic E-state index is 12.8. The molecule has 0 spiro atoms. The fourth-order valence-electron chi connectivity index (χ4n) is 4.24. The van der Waals surface area contributed by atoms with Crippen LogP contribution in [0.15, 0.2) is 36.4 Å². The van der Waals surface area contributed by atoms with Crippen LogP contribution in [-0.4, -0.2) is 62.0 Å². The zero-order valence-electron chi connectivity index (χ0n) is 19.4. The molecule has 3 N–H and O–H groups in total. The van der Waals surface area contributed by atoms with Crippen LogP contribution in [0.2, 0.25) is 0 Å². The SMILES string of the molecule is Cn1c(Nc2nc3ccc(OC(F)(F)F)cc3s2)nc2cc(C(=O)NC3CCCN(C(=O)O)C3)ccc21. The predicted molar refractivity (Wildman–Crippen MR) is 130 cm³/mol. The Balaban J connectivity index is 1.32. The number of hydrogen-bond acceptors (Lipinski definition) is 7. The van der Waals surface area contributed by atoms with Gasteiger partial charge in [0.1, 0.15) is 5.75 Å². The molecule has 194 valence electrons. The first-order chi connectivity index (χ1) is 17.6. The van der Waals surface area contributed by atoms with Gasteiger partial charge in [0.15, 0.2) is 5.13 Å². The van der Waals surface area contributed by atoms with Crippen molar-refractivity contribution < 1.29 is 32.6 Å². The number of aromatic nitrogens is 3. The molecule has 37 heavy (non-hydrogen) atoms. The molecule has 4 aromatic rings. The van der Waals surface area contributed by atoms with E-state index in [1.807, 2.05) is 0 Å². The Morgan fingerprint density at radius 2 is 1.97 bits per heavy atom. The van der Waals surface area contributed by atoms with E-state index in [1.165, 1.54) is 23.1 Å². The number of carbonyl (C=O) groups is 2. The highest BCUT2D eigenvalue weighted by atomic mass is 32.1. The number of ether oxygens (including phenoxy) is 1. The monoisotopic (exact) mass is 534 g/mol. The fraction of sp³-hybridized carbons (Fsp3) is 0.304. The molecule has 14 heteroatoms. The standard InChI is InChI=1S/C23H21F3N6O4S/c1-31-17-7-4-12(19(33)27-13-3-2-8-32(11-13)22(34)35)9-16(17)28-20(31)30-21-29-15-6-5-14(10-18(15)37-21)36-23(24,25)26/h4-7,9-10,13H,2-3,8,11H2,1H3,(H,27,33)(H,34,35)(H,28,29,30). The molecule has 10 nitrogen and oxygen atoms in total. The molecule has 0 radical (unpaired) electrons. The molecule has 1 aliphatic heterocycles. The van der Waals surface area contributed by atoms with Gasteiger partial charge < -0.3 is 29.9 Å². The van der Waals surface area contributed by atoms with Crippen LogP contribution in [0, 0.1) is 0 Å². The molecular weight excluding hydrogens is 513 g/mol. The number of hydrogen-bond donors (Lipinski definition) is 3. The summed E-state index contributed by atoms with van der Waals surface area (Å²) >= 11 is 1.15. The van der Waals surface area contributed by atoms with Gasteiger partial charge in [-0.05, 0) is 43.2 Å². The van der Waals surface area contributed by atoms with E-state index in [9.17, 15) is 27.9 Å². The molecule has 0 saturated carbocycles. The molecule has 0 bridgehead atoms. The smallest absolute Gasteiger partial charge is 0.465 e. The molecule has 2 amide bonds. The largest absolute Gasteiger partial charge is 0.573 e. The Morgan fingerprint density at radius 3 is 2.73 bits per heavy atom. The van der Waals surface area contributed by atoms with Crippen LogP contribution in [0.4, 0.5) is 29.0 Å². The van der Waals surface area contributed by atoms with Crippen molar-refractivity contribution in [2.45, 2.75) is 25.2 Å². The van der Waals surface area contributed by atoms with Gasteiger partial charge in [0.2, 0.25) is 5.95 Å². The maximum atomic E-state index is 12.8. The van der Waals surface area contributed by atoms with Crippen molar-refractivity contribution in [3.63, 3.8) is 0 Å². The quantitative estimate of drug-likeness (QED) is 0.339. The van der Waals surface area contributed by atoms with Gasteiger partial charge in [0, 0.05) is 37.8 Å². The predicted octanol–water partition coefficient (Wildman–Crippen LogP) is 4.70. The van der Waals surface area contributed by atoms with Crippen LogP contribution < -0.4 is 15.4 Å². The number of nitrogens with zero attached hydrogens (tertiary/aromatic N) is 4. The third-order valence-corrected chi connectivity index (χ3v) is 6.92. The van der Waals surface area contributed by atoms with Crippen LogP contribution in [0.1, 0.15) is 23.2 Å². The number of likely N-dealkylation sites (tertiary alicyclic amines) is 1. The summed E-state index contributed by atoms with van der Waals surface area (Å²) in [6, 6.07) is 8.72. The lowest BCUT2D eigenvalue weighted by Gasteiger charge is -2.31. The fourth-order valence-corrected chi connectivity index (χ4v) is 5.13. The van der Waals surface area contributed by atoms with E-state index >= 15 is 0 Å². The van der Waals surface area contributed by atoms with Crippen LogP contribution >= 0.6 is 11.3 Å². The van der Waals surface area contributed by atoms with Crippen LogP contribution in [0.25, 0.3) is 21.3 Å². The Hall–Kier alpha value is -4.07. The highest BCUT2D eigenvalue weighted by molar-refractivity contribution is 7.22. The summed E-state index contributed by atoms with van der Waals surface area (Å²) in [7, 11) is 1.78. The third kappa shape index (κ3) is 5.38. The Bertz CT molecular complexity index is 1500. The Kier molecular flexibility index (Phi) is 6.27. The molecule has 2 aromatic carbocycles. The van der Waals surface area contributed by atoms with Gasteiger partial charge in [0.05, 0.1) is 21.3 Å². The van der Waals surface area contributed by atoms with Crippen molar-refractivity contribution >= 4 is 55.7 Å². The number of benzene rings is 2. The second-order valence-corrected chi connectivity index (χ2v) is 9.59. The lowest BCUT2D eigenvalue weighted by atomic mass is 10.1. The van der Waals surface area contributed by atoms with Gasteiger partial charge in [-0.3, -0.25) is 4.79 Å². The molecule has 2 aromatic heterocycles. The summed E-state index contributed by atoms with van der Waals surface area (Å²) in [6.45, 7) is 0.696. The number of thiazole rings is 1. The topological polar surface area (TPSA) is 122 Å². The number of piperidine rings is 1. The number of amides is 2. The summed E-state index contributed by atoms with van der Waals surface area (Å²) in [6.07, 6.45) is -4.41. The lowest BCUT2D eigenvalue weighted by molar-refractivity contribution is -0.274. The number of carbonyl (C=O) groups excluding carboxylic acids is 1. The molecule has 5 rings (SSSR count). The normalized spacial score (nSPS) is 16.2. The summed E-state index contributed by atoms with van der Waals surface area (Å²) in [5.41, 5.74) is 2.19. The first-order valence-corrected chi connectivity index (χ1v) is 12.1. The number of imidazole rings is 1. The molecule has 1 unspecified atom stereocenters. The first-order valence-electron chi connectivity index (χ1n) is 11.2. The number of halogens is 3. The summed E-state index contributed by atoms with van der Waals surface area (Å²) in [5.74, 6) is -0.210. The van der Waals surface area contributed by atoms with Gasteiger partial charge in [-0.2, -0.15) is 0 Å². The van der Waals surface area contributed by atoms with Crippen molar-refractivity contribution in [2.24, 2.45) is 7.05 Å². The molecular formula is C23H21F3N6O4S. The van der Waals surface area contributed by atoms with Crippen molar-refractivity contribution in [3.05, 3.63) is 42.0 Å². The van der Waals surface area contributed by atoms with E-state index in [0.717, 1.165) is 16.9 Å². The minimum atomic E-state index is -4.78. The van der Waals surface area contributed by atoms with Crippen LogP contribution in [-0.2, 0) is 7.05 Å². The number of aryl methyl sites for hydroxylation is 1. The van der Waals surface area contributed by atoms with Crippen molar-refractivity contribution in [3.8, 4) is 5.75 Å². The molecule has 0 aliphatic carbocycles. The van der Waals surface area contributed by atoms with Gasteiger partial charge >= 0.3 is 12.5 Å². The zero-order valence-corrected chi connectivity index (χ0v) is 20.2. The first kappa shape index (κ1) is 24.6. The minimum absolute atomic E-state index is 0.243.